The molecule has 0 atom stereocenters. The van der Waals surface area contributed by atoms with Gasteiger partial charge in [0.25, 0.3) is 10.2 Å². The summed E-state index contributed by atoms with van der Waals surface area (Å²) in [7, 11) is -3.24. The van der Waals surface area contributed by atoms with Crippen LogP contribution in [0.25, 0.3) is 0 Å². The van der Waals surface area contributed by atoms with Gasteiger partial charge >= 0.3 is 0 Å². The molecule has 90 valence electrons. The molecule has 0 spiro atoms. The quantitative estimate of drug-likeness (QED) is 0.704. The van der Waals surface area contributed by atoms with Gasteiger partial charge in [-0.3, -0.25) is 0 Å². The second-order valence-corrected chi connectivity index (χ2v) is 5.73. The molecule has 0 aromatic carbocycles. The highest BCUT2D eigenvalue weighted by molar-refractivity contribution is 7.86. The minimum Gasteiger partial charge on any atom is -0.329 e. The second kappa shape index (κ2) is 5.79. The highest BCUT2D eigenvalue weighted by atomic mass is 32.2. The van der Waals surface area contributed by atoms with Gasteiger partial charge in [-0.05, 0) is 19.3 Å². The zero-order chi connectivity index (χ0) is 11.3. The summed E-state index contributed by atoms with van der Waals surface area (Å²) in [5.41, 5.74) is 5.43. The molecule has 0 aromatic heterocycles. The summed E-state index contributed by atoms with van der Waals surface area (Å²) in [4.78, 5) is 0. The summed E-state index contributed by atoms with van der Waals surface area (Å²) in [5.74, 6) is 0. The van der Waals surface area contributed by atoms with Crippen LogP contribution in [0.15, 0.2) is 0 Å². The molecule has 5 nitrogen and oxygen atoms in total. The number of hydrogen-bond donors (Lipinski definition) is 1. The standard InChI is InChI=1S/C9H21N3O2S/c1-2-6-11(9-5-10)15(13,14)12-7-3-4-8-12/h2-10H2,1H3. The van der Waals surface area contributed by atoms with Crippen LogP contribution in [0.4, 0.5) is 0 Å². The lowest BCUT2D eigenvalue weighted by Crippen LogP contribution is -2.44. The molecule has 0 radical (unpaired) electrons. The normalized spacial score (nSPS) is 18.9. The van der Waals surface area contributed by atoms with Crippen LogP contribution >= 0.6 is 0 Å². The molecule has 2 N–H and O–H groups in total. The smallest absolute Gasteiger partial charge is 0.282 e. The Morgan fingerprint density at radius 3 is 2.33 bits per heavy atom. The average molecular weight is 235 g/mol. The Morgan fingerprint density at radius 2 is 1.87 bits per heavy atom. The fourth-order valence-electron chi connectivity index (χ4n) is 1.82. The van der Waals surface area contributed by atoms with Crippen molar-refractivity contribution in [3.63, 3.8) is 0 Å². The Morgan fingerprint density at radius 1 is 1.27 bits per heavy atom. The summed E-state index contributed by atoms with van der Waals surface area (Å²) >= 11 is 0. The molecule has 1 aliphatic rings. The van der Waals surface area contributed by atoms with Crippen LogP contribution in [-0.4, -0.2) is 49.8 Å². The third-order valence-corrected chi connectivity index (χ3v) is 4.60. The number of nitrogens with zero attached hydrogens (tertiary/aromatic N) is 2. The van der Waals surface area contributed by atoms with Gasteiger partial charge in [-0.15, -0.1) is 0 Å². The van der Waals surface area contributed by atoms with Crippen LogP contribution in [-0.2, 0) is 10.2 Å². The Hall–Kier alpha value is -0.170. The molecule has 0 saturated carbocycles. The Kier molecular flexibility index (Phi) is 4.98. The first-order valence-corrected chi connectivity index (χ1v) is 6.98. The molecule has 0 bridgehead atoms. The van der Waals surface area contributed by atoms with E-state index in [-0.39, 0.29) is 0 Å². The molecule has 15 heavy (non-hydrogen) atoms. The fourth-order valence-corrected chi connectivity index (χ4v) is 3.61. The van der Waals surface area contributed by atoms with Crippen molar-refractivity contribution in [3.05, 3.63) is 0 Å². The molecule has 1 aliphatic heterocycles. The Balaban J connectivity index is 2.70. The van der Waals surface area contributed by atoms with E-state index in [0.29, 0.717) is 32.7 Å². The van der Waals surface area contributed by atoms with Crippen LogP contribution in [0.5, 0.6) is 0 Å². The zero-order valence-electron chi connectivity index (χ0n) is 9.35. The van der Waals surface area contributed by atoms with E-state index in [2.05, 4.69) is 0 Å². The Bertz CT molecular complexity index is 267. The van der Waals surface area contributed by atoms with Gasteiger partial charge in [-0.2, -0.15) is 17.0 Å². The van der Waals surface area contributed by atoms with Crippen molar-refractivity contribution in [2.75, 3.05) is 32.7 Å². The molecule has 0 aromatic rings. The maximum Gasteiger partial charge on any atom is 0.282 e. The van der Waals surface area contributed by atoms with Crippen molar-refractivity contribution in [1.29, 1.82) is 0 Å². The third kappa shape index (κ3) is 3.14. The molecule has 1 heterocycles. The fraction of sp³-hybridized carbons (Fsp3) is 1.00. The molecule has 1 rings (SSSR count). The van der Waals surface area contributed by atoms with Gasteiger partial charge in [0.15, 0.2) is 0 Å². The van der Waals surface area contributed by atoms with E-state index in [0.717, 1.165) is 19.3 Å². The van der Waals surface area contributed by atoms with Crippen molar-refractivity contribution in [3.8, 4) is 0 Å². The van der Waals surface area contributed by atoms with Crippen molar-refractivity contribution in [1.82, 2.24) is 8.61 Å². The highest BCUT2D eigenvalue weighted by Gasteiger charge is 2.30. The average Bonchev–Trinajstić information content (AvgIpc) is 2.70. The van der Waals surface area contributed by atoms with E-state index >= 15 is 0 Å². The second-order valence-electron chi connectivity index (χ2n) is 3.80. The van der Waals surface area contributed by atoms with Crippen molar-refractivity contribution in [2.24, 2.45) is 5.73 Å². The number of nitrogens with two attached hydrogens (primary N) is 1. The summed E-state index contributed by atoms with van der Waals surface area (Å²) in [6.07, 6.45) is 2.77. The van der Waals surface area contributed by atoms with Crippen molar-refractivity contribution >= 4 is 10.2 Å². The molecular weight excluding hydrogens is 214 g/mol. The van der Waals surface area contributed by atoms with E-state index < -0.39 is 10.2 Å². The molecule has 0 unspecified atom stereocenters. The summed E-state index contributed by atoms with van der Waals surface area (Å²) in [6.45, 7) is 4.67. The first kappa shape index (κ1) is 12.9. The van der Waals surface area contributed by atoms with Crippen LogP contribution < -0.4 is 5.73 Å². The molecule has 6 heteroatoms. The predicted octanol–water partition coefficient (Wildman–Crippen LogP) is -0.00230. The first-order chi connectivity index (χ1) is 7.12. The van der Waals surface area contributed by atoms with Gasteiger partial charge < -0.3 is 5.73 Å². The minimum atomic E-state index is -3.24. The zero-order valence-corrected chi connectivity index (χ0v) is 10.2. The summed E-state index contributed by atoms with van der Waals surface area (Å²) < 4.78 is 27.3. The van der Waals surface area contributed by atoms with Gasteiger partial charge in [0.2, 0.25) is 0 Å². The van der Waals surface area contributed by atoms with E-state index in [1.165, 1.54) is 4.31 Å². The largest absolute Gasteiger partial charge is 0.329 e. The summed E-state index contributed by atoms with van der Waals surface area (Å²) in [6, 6.07) is 0. The first-order valence-electron chi connectivity index (χ1n) is 5.58. The topological polar surface area (TPSA) is 66.6 Å². The maximum atomic E-state index is 12.1. The maximum absolute atomic E-state index is 12.1. The van der Waals surface area contributed by atoms with Gasteiger partial charge in [-0.25, -0.2) is 0 Å². The molecule has 0 aliphatic carbocycles. The monoisotopic (exact) mass is 235 g/mol. The highest BCUT2D eigenvalue weighted by Crippen LogP contribution is 2.16. The minimum absolute atomic E-state index is 0.382. The van der Waals surface area contributed by atoms with Crippen molar-refractivity contribution in [2.45, 2.75) is 26.2 Å². The SMILES string of the molecule is CCCN(CCN)S(=O)(=O)N1CCCC1. The molecular formula is C9H21N3O2S. The lowest BCUT2D eigenvalue weighted by atomic mass is 10.4. The van der Waals surface area contributed by atoms with Gasteiger partial charge in [-0.1, -0.05) is 6.92 Å². The van der Waals surface area contributed by atoms with Crippen LogP contribution in [0.1, 0.15) is 26.2 Å². The van der Waals surface area contributed by atoms with E-state index in [1.54, 1.807) is 4.31 Å². The van der Waals surface area contributed by atoms with E-state index in [4.69, 9.17) is 5.73 Å². The Labute approximate surface area is 92.4 Å². The third-order valence-electron chi connectivity index (χ3n) is 2.57. The van der Waals surface area contributed by atoms with Gasteiger partial charge in [0.05, 0.1) is 0 Å². The lowest BCUT2D eigenvalue weighted by Gasteiger charge is -2.26. The van der Waals surface area contributed by atoms with Crippen LogP contribution in [0, 0.1) is 0 Å². The molecule has 1 saturated heterocycles. The van der Waals surface area contributed by atoms with Crippen molar-refractivity contribution < 1.29 is 8.42 Å². The predicted molar refractivity (Wildman–Crippen MR) is 60.6 cm³/mol. The molecule has 1 fully saturated rings. The number of hydrogen-bond acceptors (Lipinski definition) is 3. The summed E-state index contributed by atoms with van der Waals surface area (Å²) in [5, 5.41) is 0. The van der Waals surface area contributed by atoms with Crippen LogP contribution in [0.2, 0.25) is 0 Å². The van der Waals surface area contributed by atoms with E-state index in [9.17, 15) is 8.42 Å². The van der Waals surface area contributed by atoms with Gasteiger partial charge in [0.1, 0.15) is 0 Å². The van der Waals surface area contributed by atoms with Gasteiger partial charge in [0, 0.05) is 32.7 Å². The van der Waals surface area contributed by atoms with Crippen LogP contribution in [0.3, 0.4) is 0 Å². The number of rotatable bonds is 6. The molecule has 0 amide bonds. The van der Waals surface area contributed by atoms with E-state index in [1.807, 2.05) is 6.92 Å². The lowest BCUT2D eigenvalue weighted by molar-refractivity contribution is 0.364.